The molecule has 0 aliphatic heterocycles. The van der Waals surface area contributed by atoms with Crippen LogP contribution >= 0.6 is 0 Å². The van der Waals surface area contributed by atoms with Crippen molar-refractivity contribution in [2.24, 2.45) is 0 Å². The third-order valence-corrected chi connectivity index (χ3v) is 6.80. The second kappa shape index (κ2) is 14.7. The summed E-state index contributed by atoms with van der Waals surface area (Å²) in [6.07, 6.45) is 9.16. The lowest BCUT2D eigenvalue weighted by atomic mass is 9.94. The van der Waals surface area contributed by atoms with E-state index in [2.05, 4.69) is 159 Å². The topological polar surface area (TPSA) is 0 Å². The summed E-state index contributed by atoms with van der Waals surface area (Å²) in [5.41, 5.74) is 13.0. The molecule has 1 aliphatic carbocycles. The van der Waals surface area contributed by atoms with Gasteiger partial charge in [0.2, 0.25) is 0 Å². The lowest BCUT2D eigenvalue weighted by molar-refractivity contribution is 1.04. The van der Waals surface area contributed by atoms with E-state index in [1.54, 1.807) is 0 Å². The monoisotopic (exact) mass is 520 g/mol. The van der Waals surface area contributed by atoms with Gasteiger partial charge in [0.05, 0.1) is 0 Å². The van der Waals surface area contributed by atoms with Gasteiger partial charge in [-0.15, -0.1) is 0 Å². The summed E-state index contributed by atoms with van der Waals surface area (Å²) in [6, 6.07) is 45.2. The van der Waals surface area contributed by atoms with Crippen molar-refractivity contribution in [3.8, 4) is 33.4 Å². The molecule has 0 heteroatoms. The summed E-state index contributed by atoms with van der Waals surface area (Å²) < 4.78 is 0. The number of allylic oxidation sites excluding steroid dienone is 4. The molecule has 0 heterocycles. The molecule has 40 heavy (non-hydrogen) atoms. The Morgan fingerprint density at radius 1 is 0.400 bits per heavy atom. The largest absolute Gasteiger partial charge is 0.0836 e. The fraction of sp³-hybridized carbons (Fsp3) is 0.150. The van der Waals surface area contributed by atoms with E-state index in [-0.39, 0.29) is 0 Å². The fourth-order valence-corrected chi connectivity index (χ4v) is 4.95. The van der Waals surface area contributed by atoms with Crippen molar-refractivity contribution in [1.82, 2.24) is 0 Å². The molecule has 0 N–H and O–H groups in total. The summed E-state index contributed by atoms with van der Waals surface area (Å²) in [7, 11) is 0. The smallest absolute Gasteiger partial charge is 0.0175 e. The molecule has 0 atom stereocenters. The van der Waals surface area contributed by atoms with Gasteiger partial charge in [0.25, 0.3) is 0 Å². The minimum Gasteiger partial charge on any atom is -0.0836 e. The predicted octanol–water partition coefficient (Wildman–Crippen LogP) is 11.8. The first-order valence-electron chi connectivity index (χ1n) is 14.4. The number of rotatable bonds is 4. The average Bonchev–Trinajstić information content (AvgIpc) is 3.03. The minimum atomic E-state index is 1.15. The van der Waals surface area contributed by atoms with Gasteiger partial charge in [-0.05, 0) is 94.5 Å². The zero-order valence-electron chi connectivity index (χ0n) is 24.3. The van der Waals surface area contributed by atoms with Crippen LogP contribution in [0.3, 0.4) is 0 Å². The Morgan fingerprint density at radius 2 is 0.775 bits per heavy atom. The van der Waals surface area contributed by atoms with Crippen molar-refractivity contribution in [1.29, 1.82) is 0 Å². The lowest BCUT2D eigenvalue weighted by Gasteiger charge is -2.11. The molecule has 0 radical (unpaired) electrons. The summed E-state index contributed by atoms with van der Waals surface area (Å²) in [4.78, 5) is 0. The van der Waals surface area contributed by atoms with Gasteiger partial charge in [0.1, 0.15) is 0 Å². The minimum absolute atomic E-state index is 1.15. The maximum Gasteiger partial charge on any atom is -0.0175 e. The van der Waals surface area contributed by atoms with E-state index in [0.29, 0.717) is 0 Å². The Hall–Kier alpha value is -4.42. The quantitative estimate of drug-likeness (QED) is 0.221. The molecule has 0 nitrogen and oxygen atoms in total. The zero-order chi connectivity index (χ0) is 28.2. The Bertz CT molecular complexity index is 1480. The molecule has 5 aromatic carbocycles. The predicted molar refractivity (Wildman–Crippen MR) is 176 cm³/mol. The van der Waals surface area contributed by atoms with E-state index in [1.165, 1.54) is 62.1 Å². The van der Waals surface area contributed by atoms with E-state index in [1.807, 2.05) is 13.8 Å². The molecule has 0 fully saturated rings. The SMILES string of the molecule is CC.Cc1cc(-c2ccccc2)cc(-c2ccccc2)c1.Cc1cc(C2=CCCC=C2)cc(-c2ccccc2)c1. The highest BCUT2D eigenvalue weighted by Crippen LogP contribution is 2.29. The zero-order valence-corrected chi connectivity index (χ0v) is 24.3. The van der Waals surface area contributed by atoms with Crippen molar-refractivity contribution in [3.63, 3.8) is 0 Å². The van der Waals surface area contributed by atoms with Crippen molar-refractivity contribution < 1.29 is 0 Å². The van der Waals surface area contributed by atoms with Crippen LogP contribution in [-0.2, 0) is 0 Å². The van der Waals surface area contributed by atoms with Crippen LogP contribution in [0.25, 0.3) is 39.0 Å². The van der Waals surface area contributed by atoms with Gasteiger partial charge >= 0.3 is 0 Å². The van der Waals surface area contributed by atoms with Gasteiger partial charge in [-0.2, -0.15) is 0 Å². The molecular formula is C40H40. The van der Waals surface area contributed by atoms with E-state index < -0.39 is 0 Å². The van der Waals surface area contributed by atoms with Gasteiger partial charge in [-0.1, -0.05) is 147 Å². The number of hydrogen-bond acceptors (Lipinski definition) is 0. The van der Waals surface area contributed by atoms with Crippen LogP contribution in [-0.4, -0.2) is 0 Å². The van der Waals surface area contributed by atoms with Crippen LogP contribution in [0.15, 0.2) is 146 Å². The number of hydrogen-bond donors (Lipinski definition) is 0. The Kier molecular flexibility index (Phi) is 10.5. The van der Waals surface area contributed by atoms with Gasteiger partial charge < -0.3 is 0 Å². The normalized spacial score (nSPS) is 11.8. The molecule has 0 amide bonds. The standard InChI is InChI=1S/C19H18.C19H16.C2H6/c2*1-15-12-18(16-8-4-2-5-9-16)14-19(13-15)17-10-6-3-7-11-17;1-2/h2,4-6,8-14H,3,7H2,1H3;2-14H,1H3;1-2H3. The van der Waals surface area contributed by atoms with Crippen molar-refractivity contribution in [2.45, 2.75) is 40.5 Å². The Labute approximate surface area is 241 Å². The van der Waals surface area contributed by atoms with Crippen LogP contribution in [0.5, 0.6) is 0 Å². The van der Waals surface area contributed by atoms with Crippen molar-refractivity contribution in [2.75, 3.05) is 0 Å². The van der Waals surface area contributed by atoms with Crippen LogP contribution in [0.1, 0.15) is 43.4 Å². The summed E-state index contributed by atoms with van der Waals surface area (Å²) in [6.45, 7) is 8.32. The lowest BCUT2D eigenvalue weighted by Crippen LogP contribution is -1.89. The maximum atomic E-state index is 2.34. The molecule has 5 aromatic rings. The third kappa shape index (κ3) is 7.80. The van der Waals surface area contributed by atoms with Crippen LogP contribution in [0, 0.1) is 13.8 Å². The van der Waals surface area contributed by atoms with Crippen LogP contribution in [0.4, 0.5) is 0 Å². The molecule has 0 unspecified atom stereocenters. The fourth-order valence-electron chi connectivity index (χ4n) is 4.95. The van der Waals surface area contributed by atoms with Gasteiger partial charge in [-0.25, -0.2) is 0 Å². The Morgan fingerprint density at radius 3 is 1.15 bits per heavy atom. The molecule has 0 bridgehead atoms. The van der Waals surface area contributed by atoms with Crippen LogP contribution < -0.4 is 0 Å². The first-order chi connectivity index (χ1) is 19.7. The van der Waals surface area contributed by atoms with Gasteiger partial charge in [0.15, 0.2) is 0 Å². The first kappa shape index (κ1) is 28.6. The summed E-state index contributed by atoms with van der Waals surface area (Å²) in [5.74, 6) is 0. The van der Waals surface area contributed by atoms with E-state index in [4.69, 9.17) is 0 Å². The maximum absolute atomic E-state index is 2.34. The highest BCUT2D eigenvalue weighted by Gasteiger charge is 2.06. The second-order valence-corrected chi connectivity index (χ2v) is 9.91. The highest BCUT2D eigenvalue weighted by atomic mass is 14.1. The molecule has 0 aromatic heterocycles. The molecule has 0 spiro atoms. The average molecular weight is 521 g/mol. The summed E-state index contributed by atoms with van der Waals surface area (Å²) >= 11 is 0. The molecular weight excluding hydrogens is 480 g/mol. The Balaban J connectivity index is 0.000000174. The first-order valence-corrected chi connectivity index (χ1v) is 14.4. The highest BCUT2D eigenvalue weighted by molar-refractivity contribution is 5.79. The van der Waals surface area contributed by atoms with Gasteiger partial charge in [0, 0.05) is 0 Å². The van der Waals surface area contributed by atoms with Crippen LogP contribution in [0.2, 0.25) is 0 Å². The molecule has 200 valence electrons. The molecule has 6 rings (SSSR count). The molecule has 0 saturated heterocycles. The van der Waals surface area contributed by atoms with E-state index in [0.717, 1.165) is 6.42 Å². The van der Waals surface area contributed by atoms with Crippen molar-refractivity contribution >= 4 is 5.57 Å². The van der Waals surface area contributed by atoms with E-state index in [9.17, 15) is 0 Å². The molecule has 0 saturated carbocycles. The number of aryl methyl sites for hydroxylation is 2. The number of benzene rings is 5. The summed E-state index contributed by atoms with van der Waals surface area (Å²) in [5, 5.41) is 0. The van der Waals surface area contributed by atoms with E-state index >= 15 is 0 Å². The third-order valence-electron chi connectivity index (χ3n) is 6.80. The van der Waals surface area contributed by atoms with Crippen molar-refractivity contribution in [3.05, 3.63) is 162 Å². The van der Waals surface area contributed by atoms with Gasteiger partial charge in [-0.3, -0.25) is 0 Å². The molecule has 1 aliphatic rings. The second-order valence-electron chi connectivity index (χ2n) is 9.91.